The Morgan fingerprint density at radius 2 is 1.57 bits per heavy atom. The van der Waals surface area contributed by atoms with E-state index in [9.17, 15) is 18.0 Å². The standard InChI is InChI=1S/C26H28N2O6S/c1-5-34-24-15-10-20(25(29)27-22-11-8-19(9-12-22)26(30)33-4)16-21(24)17-28(3)35(31,32)23-13-6-18(2)7-14-23/h6-16H,5,17H2,1-4H3,(H,27,29). The number of rotatable bonds is 9. The number of ether oxygens (including phenoxy) is 2. The molecule has 3 aromatic carbocycles. The van der Waals surface area contributed by atoms with Crippen LogP contribution in [-0.2, 0) is 21.3 Å². The predicted octanol–water partition coefficient (Wildman–Crippen LogP) is 4.25. The minimum atomic E-state index is -3.74. The summed E-state index contributed by atoms with van der Waals surface area (Å²) in [7, 11) is -0.958. The number of carbonyl (C=O) groups is 2. The molecule has 0 aromatic heterocycles. The van der Waals surface area contributed by atoms with Crippen LogP contribution in [0.25, 0.3) is 0 Å². The highest BCUT2D eigenvalue weighted by Gasteiger charge is 2.23. The number of sulfonamides is 1. The van der Waals surface area contributed by atoms with Gasteiger partial charge in [0.25, 0.3) is 5.91 Å². The SMILES string of the molecule is CCOc1ccc(C(=O)Nc2ccc(C(=O)OC)cc2)cc1CN(C)S(=O)(=O)c1ccc(C)cc1. The predicted molar refractivity (Wildman–Crippen MR) is 133 cm³/mol. The maximum Gasteiger partial charge on any atom is 0.337 e. The van der Waals surface area contributed by atoms with Crippen LogP contribution < -0.4 is 10.1 Å². The largest absolute Gasteiger partial charge is 0.494 e. The van der Waals surface area contributed by atoms with Crippen LogP contribution in [0.15, 0.2) is 71.6 Å². The fourth-order valence-corrected chi connectivity index (χ4v) is 4.52. The van der Waals surface area contributed by atoms with Gasteiger partial charge in [-0.2, -0.15) is 4.31 Å². The van der Waals surface area contributed by atoms with Crippen LogP contribution in [0.5, 0.6) is 5.75 Å². The molecule has 0 heterocycles. The van der Waals surface area contributed by atoms with Crippen molar-refractivity contribution in [3.05, 3.63) is 89.0 Å². The molecule has 0 aliphatic carbocycles. The molecule has 3 rings (SSSR count). The van der Waals surface area contributed by atoms with Gasteiger partial charge in [0.05, 0.1) is 24.2 Å². The molecule has 0 unspecified atom stereocenters. The topological polar surface area (TPSA) is 102 Å². The first kappa shape index (κ1) is 25.9. The highest BCUT2D eigenvalue weighted by atomic mass is 32.2. The fraction of sp³-hybridized carbons (Fsp3) is 0.231. The molecule has 0 atom stereocenters. The van der Waals surface area contributed by atoms with Gasteiger partial charge in [-0.3, -0.25) is 4.79 Å². The molecular weight excluding hydrogens is 468 g/mol. The fourth-order valence-electron chi connectivity index (χ4n) is 3.37. The van der Waals surface area contributed by atoms with Crippen molar-refractivity contribution in [2.24, 2.45) is 0 Å². The zero-order valence-electron chi connectivity index (χ0n) is 20.1. The molecule has 0 aliphatic heterocycles. The van der Waals surface area contributed by atoms with Crippen molar-refractivity contribution in [2.75, 3.05) is 26.1 Å². The average Bonchev–Trinajstić information content (AvgIpc) is 2.85. The van der Waals surface area contributed by atoms with Crippen LogP contribution >= 0.6 is 0 Å². The van der Waals surface area contributed by atoms with Crippen molar-refractivity contribution in [1.29, 1.82) is 0 Å². The summed E-state index contributed by atoms with van der Waals surface area (Å²) < 4.78 is 37.7. The smallest absolute Gasteiger partial charge is 0.337 e. The second-order valence-corrected chi connectivity index (χ2v) is 9.90. The van der Waals surface area contributed by atoms with E-state index in [1.165, 1.54) is 18.5 Å². The van der Waals surface area contributed by atoms with Gasteiger partial charge in [0.1, 0.15) is 5.75 Å². The van der Waals surface area contributed by atoms with Gasteiger partial charge in [-0.05, 0) is 68.4 Å². The number of nitrogens with one attached hydrogen (secondary N) is 1. The highest BCUT2D eigenvalue weighted by molar-refractivity contribution is 7.89. The number of anilines is 1. The summed E-state index contributed by atoms with van der Waals surface area (Å²) >= 11 is 0. The van der Waals surface area contributed by atoms with Gasteiger partial charge in [0, 0.05) is 30.4 Å². The van der Waals surface area contributed by atoms with Crippen LogP contribution in [0.2, 0.25) is 0 Å². The Morgan fingerprint density at radius 3 is 2.17 bits per heavy atom. The summed E-state index contributed by atoms with van der Waals surface area (Å²) in [5, 5.41) is 2.77. The lowest BCUT2D eigenvalue weighted by Gasteiger charge is -2.20. The van der Waals surface area contributed by atoms with Crippen molar-refractivity contribution in [2.45, 2.75) is 25.3 Å². The third-order valence-corrected chi connectivity index (χ3v) is 7.13. The lowest BCUT2D eigenvalue weighted by molar-refractivity contribution is 0.0600. The zero-order chi connectivity index (χ0) is 25.6. The third-order valence-electron chi connectivity index (χ3n) is 5.31. The maximum absolute atomic E-state index is 13.0. The summed E-state index contributed by atoms with van der Waals surface area (Å²) in [4.78, 5) is 24.6. The van der Waals surface area contributed by atoms with E-state index in [-0.39, 0.29) is 17.3 Å². The number of esters is 1. The molecule has 0 fully saturated rings. The minimum Gasteiger partial charge on any atom is -0.494 e. The molecule has 3 aromatic rings. The molecule has 0 spiro atoms. The number of benzene rings is 3. The van der Waals surface area contributed by atoms with Crippen LogP contribution in [0.1, 0.15) is 38.8 Å². The van der Waals surface area contributed by atoms with Gasteiger partial charge in [0.2, 0.25) is 10.0 Å². The van der Waals surface area contributed by atoms with Gasteiger partial charge >= 0.3 is 5.97 Å². The van der Waals surface area contributed by atoms with Crippen LogP contribution in [0, 0.1) is 6.92 Å². The lowest BCUT2D eigenvalue weighted by Crippen LogP contribution is -2.27. The number of hydrogen-bond acceptors (Lipinski definition) is 6. The molecule has 0 aliphatic rings. The zero-order valence-corrected chi connectivity index (χ0v) is 20.9. The summed E-state index contributed by atoms with van der Waals surface area (Å²) in [6, 6.07) is 17.8. The van der Waals surface area contributed by atoms with Crippen molar-refractivity contribution in [3.63, 3.8) is 0 Å². The maximum atomic E-state index is 13.0. The van der Waals surface area contributed by atoms with Gasteiger partial charge in [0.15, 0.2) is 0 Å². The first-order chi connectivity index (χ1) is 16.6. The van der Waals surface area contributed by atoms with E-state index < -0.39 is 16.0 Å². The third kappa shape index (κ3) is 6.26. The van der Waals surface area contributed by atoms with E-state index in [4.69, 9.17) is 4.74 Å². The van der Waals surface area contributed by atoms with E-state index in [0.717, 1.165) is 5.56 Å². The normalized spacial score (nSPS) is 11.2. The van der Waals surface area contributed by atoms with E-state index in [1.54, 1.807) is 66.7 Å². The van der Waals surface area contributed by atoms with Crippen LogP contribution in [-0.4, -0.2) is 45.4 Å². The van der Waals surface area contributed by atoms with Gasteiger partial charge in [-0.25, -0.2) is 13.2 Å². The Balaban J connectivity index is 1.83. The molecule has 9 heteroatoms. The molecule has 0 radical (unpaired) electrons. The second-order valence-electron chi connectivity index (χ2n) is 7.85. The molecule has 0 bridgehead atoms. The van der Waals surface area contributed by atoms with Crippen LogP contribution in [0.3, 0.4) is 0 Å². The number of methoxy groups -OCH3 is 1. The number of amides is 1. The van der Waals surface area contributed by atoms with E-state index >= 15 is 0 Å². The molecule has 1 N–H and O–H groups in total. The van der Waals surface area contributed by atoms with Gasteiger partial charge < -0.3 is 14.8 Å². The molecule has 35 heavy (non-hydrogen) atoms. The Labute approximate surface area is 205 Å². The number of nitrogens with zero attached hydrogens (tertiary/aromatic N) is 1. The van der Waals surface area contributed by atoms with Crippen LogP contribution in [0.4, 0.5) is 5.69 Å². The van der Waals surface area contributed by atoms with Crippen molar-refractivity contribution < 1.29 is 27.5 Å². The highest BCUT2D eigenvalue weighted by Crippen LogP contribution is 2.25. The summed E-state index contributed by atoms with van der Waals surface area (Å²) in [6.45, 7) is 4.12. The average molecular weight is 497 g/mol. The molecule has 8 nitrogen and oxygen atoms in total. The summed E-state index contributed by atoms with van der Waals surface area (Å²) in [5.74, 6) is -0.356. The van der Waals surface area contributed by atoms with E-state index in [2.05, 4.69) is 10.1 Å². The quantitative estimate of drug-likeness (QED) is 0.444. The van der Waals surface area contributed by atoms with Crippen molar-refractivity contribution in [1.82, 2.24) is 4.31 Å². The second kappa shape index (κ2) is 11.2. The number of carbonyl (C=O) groups excluding carboxylic acids is 2. The van der Waals surface area contributed by atoms with E-state index in [1.807, 2.05) is 13.8 Å². The Kier molecular flexibility index (Phi) is 8.26. The molecule has 0 saturated carbocycles. The number of aryl methyl sites for hydroxylation is 1. The van der Waals surface area contributed by atoms with Gasteiger partial charge in [-0.15, -0.1) is 0 Å². The summed E-state index contributed by atoms with van der Waals surface area (Å²) in [5.41, 5.74) is 2.72. The first-order valence-electron chi connectivity index (χ1n) is 10.9. The molecule has 184 valence electrons. The Morgan fingerprint density at radius 1 is 0.943 bits per heavy atom. The number of hydrogen-bond donors (Lipinski definition) is 1. The van der Waals surface area contributed by atoms with Crippen molar-refractivity contribution >= 4 is 27.6 Å². The van der Waals surface area contributed by atoms with E-state index in [0.29, 0.717) is 34.7 Å². The Bertz CT molecular complexity index is 1300. The molecular formula is C26H28N2O6S. The Hall–Kier alpha value is -3.69. The first-order valence-corrected chi connectivity index (χ1v) is 12.4. The lowest BCUT2D eigenvalue weighted by atomic mass is 10.1. The summed E-state index contributed by atoms with van der Waals surface area (Å²) in [6.07, 6.45) is 0. The monoisotopic (exact) mass is 496 g/mol. The molecule has 0 saturated heterocycles. The molecule has 1 amide bonds. The van der Waals surface area contributed by atoms with Crippen molar-refractivity contribution in [3.8, 4) is 5.75 Å². The van der Waals surface area contributed by atoms with Gasteiger partial charge in [-0.1, -0.05) is 17.7 Å². The minimum absolute atomic E-state index is 0.0144.